The number of hydrogen-bond donors (Lipinski definition) is 1. The average molecular weight is 391 g/mol. The maximum absolute atomic E-state index is 12.5. The molecule has 2 amide bonds. The summed E-state index contributed by atoms with van der Waals surface area (Å²) < 4.78 is 1.83. The molecular formula is C18H16Cl2N4O2. The number of carbonyl (C=O) groups is 2. The van der Waals surface area contributed by atoms with Crippen molar-refractivity contribution in [2.75, 3.05) is 18.9 Å². The molecule has 26 heavy (non-hydrogen) atoms. The highest BCUT2D eigenvalue weighted by molar-refractivity contribution is 6.42. The van der Waals surface area contributed by atoms with Crippen LogP contribution in [0.15, 0.2) is 42.6 Å². The largest absolute Gasteiger partial charge is 0.331 e. The Bertz CT molecular complexity index is 1000. The van der Waals surface area contributed by atoms with Crippen LogP contribution in [0.3, 0.4) is 0 Å². The first kappa shape index (κ1) is 18.2. The average Bonchev–Trinajstić information content (AvgIpc) is 3.03. The number of benzene rings is 1. The second kappa shape index (κ2) is 7.35. The van der Waals surface area contributed by atoms with Crippen LogP contribution in [-0.4, -0.2) is 39.7 Å². The van der Waals surface area contributed by atoms with Gasteiger partial charge in [0.2, 0.25) is 5.91 Å². The maximum Gasteiger partial charge on any atom is 0.274 e. The molecule has 1 N–H and O–H groups in total. The lowest BCUT2D eigenvalue weighted by molar-refractivity contribution is -0.116. The molecule has 134 valence electrons. The van der Waals surface area contributed by atoms with E-state index in [2.05, 4.69) is 10.3 Å². The molecule has 2 aromatic heterocycles. The third-order valence-electron chi connectivity index (χ3n) is 3.85. The summed E-state index contributed by atoms with van der Waals surface area (Å²) in [6.45, 7) is 1.81. The summed E-state index contributed by atoms with van der Waals surface area (Å²) in [7, 11) is 1.55. The summed E-state index contributed by atoms with van der Waals surface area (Å²) in [6, 6.07) is 10.4. The quantitative estimate of drug-likeness (QED) is 0.738. The molecule has 3 aromatic rings. The van der Waals surface area contributed by atoms with Crippen molar-refractivity contribution in [1.82, 2.24) is 14.3 Å². The van der Waals surface area contributed by atoms with E-state index in [9.17, 15) is 9.59 Å². The summed E-state index contributed by atoms with van der Waals surface area (Å²) in [5.74, 6) is -0.684. The number of imidazole rings is 1. The summed E-state index contributed by atoms with van der Waals surface area (Å²) in [6.07, 6.45) is 1.67. The first-order valence-electron chi connectivity index (χ1n) is 7.80. The summed E-state index contributed by atoms with van der Waals surface area (Å²) in [4.78, 5) is 30.3. The van der Waals surface area contributed by atoms with Crippen molar-refractivity contribution in [3.63, 3.8) is 0 Å². The van der Waals surface area contributed by atoms with Crippen LogP contribution in [0.5, 0.6) is 0 Å². The van der Waals surface area contributed by atoms with Crippen LogP contribution in [-0.2, 0) is 4.79 Å². The smallest absolute Gasteiger partial charge is 0.274 e. The second-order valence-corrected chi connectivity index (χ2v) is 6.67. The number of nitrogens with zero attached hydrogens (tertiary/aromatic N) is 3. The molecule has 0 fully saturated rings. The molecule has 0 bridgehead atoms. The van der Waals surface area contributed by atoms with Gasteiger partial charge < -0.3 is 14.6 Å². The number of halogens is 2. The fourth-order valence-electron chi connectivity index (χ4n) is 2.51. The summed E-state index contributed by atoms with van der Waals surface area (Å²) in [5.41, 5.74) is 2.44. The van der Waals surface area contributed by atoms with Gasteiger partial charge >= 0.3 is 0 Å². The zero-order chi connectivity index (χ0) is 18.8. The molecule has 0 atom stereocenters. The van der Waals surface area contributed by atoms with Crippen molar-refractivity contribution in [1.29, 1.82) is 0 Å². The van der Waals surface area contributed by atoms with Crippen molar-refractivity contribution < 1.29 is 9.59 Å². The van der Waals surface area contributed by atoms with Crippen LogP contribution in [0.1, 0.15) is 16.2 Å². The van der Waals surface area contributed by atoms with Gasteiger partial charge in [0.25, 0.3) is 5.91 Å². The highest BCUT2D eigenvalue weighted by Gasteiger charge is 2.18. The van der Waals surface area contributed by atoms with Crippen molar-refractivity contribution in [2.24, 2.45) is 0 Å². The minimum atomic E-state index is -0.348. The molecule has 1 aromatic carbocycles. The van der Waals surface area contributed by atoms with E-state index in [0.29, 0.717) is 21.4 Å². The van der Waals surface area contributed by atoms with Crippen molar-refractivity contribution >= 4 is 46.4 Å². The minimum Gasteiger partial charge on any atom is -0.331 e. The van der Waals surface area contributed by atoms with E-state index in [1.807, 2.05) is 29.5 Å². The maximum atomic E-state index is 12.5. The monoisotopic (exact) mass is 390 g/mol. The van der Waals surface area contributed by atoms with E-state index >= 15 is 0 Å². The zero-order valence-electron chi connectivity index (χ0n) is 14.2. The lowest BCUT2D eigenvalue weighted by atomic mass is 10.3. The van der Waals surface area contributed by atoms with Gasteiger partial charge in [-0.05, 0) is 37.3 Å². The number of rotatable bonds is 4. The van der Waals surface area contributed by atoms with E-state index < -0.39 is 0 Å². The van der Waals surface area contributed by atoms with Gasteiger partial charge in [-0.25, -0.2) is 4.98 Å². The van der Waals surface area contributed by atoms with E-state index in [1.54, 1.807) is 31.4 Å². The fraction of sp³-hybridized carbons (Fsp3) is 0.167. The standard InChI is InChI=1S/C18H16Cl2N4O2/c1-11-4-3-5-16-22-15(9-24(11)16)18(26)23(2)10-17(25)21-12-6-7-13(19)14(20)8-12/h3-9H,10H2,1-2H3,(H,21,25). The van der Waals surface area contributed by atoms with Gasteiger partial charge in [-0.15, -0.1) is 0 Å². The van der Waals surface area contributed by atoms with Gasteiger partial charge in [-0.1, -0.05) is 29.3 Å². The Morgan fingerprint density at radius 2 is 1.96 bits per heavy atom. The number of pyridine rings is 1. The fourth-order valence-corrected chi connectivity index (χ4v) is 2.81. The van der Waals surface area contributed by atoms with Gasteiger partial charge in [-0.2, -0.15) is 0 Å². The highest BCUT2D eigenvalue weighted by Crippen LogP contribution is 2.24. The molecule has 0 aliphatic heterocycles. The number of hydrogen-bond acceptors (Lipinski definition) is 3. The van der Waals surface area contributed by atoms with Gasteiger partial charge in [0.1, 0.15) is 11.3 Å². The molecule has 0 unspecified atom stereocenters. The van der Waals surface area contributed by atoms with Crippen molar-refractivity contribution in [3.05, 3.63) is 64.0 Å². The van der Waals surface area contributed by atoms with Gasteiger partial charge in [0, 0.05) is 24.6 Å². The van der Waals surface area contributed by atoms with Gasteiger partial charge in [-0.3, -0.25) is 9.59 Å². The molecule has 0 aliphatic rings. The Morgan fingerprint density at radius 3 is 2.65 bits per heavy atom. The van der Waals surface area contributed by atoms with E-state index in [-0.39, 0.29) is 24.1 Å². The predicted octanol–water partition coefficient (Wildman–Crippen LogP) is 3.66. The van der Waals surface area contributed by atoms with Crippen LogP contribution in [0.4, 0.5) is 5.69 Å². The summed E-state index contributed by atoms with van der Waals surface area (Å²) >= 11 is 11.8. The van der Waals surface area contributed by atoms with Crippen LogP contribution in [0.25, 0.3) is 5.65 Å². The topological polar surface area (TPSA) is 66.7 Å². The third-order valence-corrected chi connectivity index (χ3v) is 4.58. The lowest BCUT2D eigenvalue weighted by Gasteiger charge is -2.15. The Morgan fingerprint density at radius 1 is 1.19 bits per heavy atom. The third kappa shape index (κ3) is 3.81. The van der Waals surface area contributed by atoms with Crippen LogP contribution < -0.4 is 5.32 Å². The van der Waals surface area contributed by atoms with Gasteiger partial charge in [0.15, 0.2) is 0 Å². The Labute approximate surface area is 160 Å². The Hall–Kier alpha value is -2.57. The lowest BCUT2D eigenvalue weighted by Crippen LogP contribution is -2.35. The number of fused-ring (bicyclic) bond motifs is 1. The number of nitrogens with one attached hydrogen (secondary N) is 1. The van der Waals surface area contributed by atoms with E-state index in [1.165, 1.54) is 4.90 Å². The molecule has 2 heterocycles. The van der Waals surface area contributed by atoms with Crippen molar-refractivity contribution in [3.8, 4) is 0 Å². The number of carbonyl (C=O) groups excluding carboxylic acids is 2. The normalized spacial score (nSPS) is 10.8. The highest BCUT2D eigenvalue weighted by atomic mass is 35.5. The molecule has 0 radical (unpaired) electrons. The molecule has 0 aliphatic carbocycles. The Balaban J connectivity index is 1.68. The van der Waals surface area contributed by atoms with E-state index in [0.717, 1.165) is 5.69 Å². The van der Waals surface area contributed by atoms with Crippen LogP contribution in [0, 0.1) is 6.92 Å². The first-order valence-corrected chi connectivity index (χ1v) is 8.56. The molecular weight excluding hydrogens is 375 g/mol. The SMILES string of the molecule is Cc1cccc2nc(C(=O)N(C)CC(=O)Nc3ccc(Cl)c(Cl)c3)cn12. The zero-order valence-corrected chi connectivity index (χ0v) is 15.7. The van der Waals surface area contributed by atoms with Crippen LogP contribution in [0.2, 0.25) is 10.0 Å². The molecule has 8 heteroatoms. The summed E-state index contributed by atoms with van der Waals surface area (Å²) in [5, 5.41) is 3.42. The van der Waals surface area contributed by atoms with Gasteiger partial charge in [0.05, 0.1) is 16.6 Å². The number of anilines is 1. The number of amides is 2. The molecule has 0 saturated heterocycles. The second-order valence-electron chi connectivity index (χ2n) is 5.86. The number of aryl methyl sites for hydroxylation is 1. The predicted molar refractivity (Wildman–Crippen MR) is 102 cm³/mol. The molecule has 0 saturated carbocycles. The molecule has 6 nitrogen and oxygen atoms in total. The number of likely N-dealkylation sites (N-methyl/N-ethyl adjacent to an activating group) is 1. The van der Waals surface area contributed by atoms with Crippen molar-refractivity contribution in [2.45, 2.75) is 6.92 Å². The minimum absolute atomic E-state index is 0.119. The number of aromatic nitrogens is 2. The van der Waals surface area contributed by atoms with E-state index in [4.69, 9.17) is 23.2 Å². The molecule has 0 spiro atoms. The Kier molecular flexibility index (Phi) is 5.15. The molecule has 3 rings (SSSR count). The van der Waals surface area contributed by atoms with Crippen LogP contribution >= 0.6 is 23.2 Å². The first-order chi connectivity index (χ1) is 12.3.